The summed E-state index contributed by atoms with van der Waals surface area (Å²) >= 11 is 0. The van der Waals surface area contributed by atoms with E-state index in [4.69, 9.17) is 5.73 Å². The molecule has 0 saturated carbocycles. The van der Waals surface area contributed by atoms with E-state index in [0.29, 0.717) is 5.92 Å². The molecule has 0 atom stereocenters. The van der Waals surface area contributed by atoms with Gasteiger partial charge in [0.15, 0.2) is 0 Å². The smallest absolute Gasteiger partial charge is 0.0461 e. The number of pyridine rings is 1. The summed E-state index contributed by atoms with van der Waals surface area (Å²) in [5.41, 5.74) is 10.3. The number of nitrogens with zero attached hydrogens (tertiary/aromatic N) is 2. The maximum absolute atomic E-state index is 5.67. The minimum Gasteiger partial charge on any atom is -0.401 e. The Hall–Kier alpha value is -1.35. The molecule has 2 N–H and O–H groups in total. The van der Waals surface area contributed by atoms with Gasteiger partial charge in [0, 0.05) is 43.6 Å². The lowest BCUT2D eigenvalue weighted by molar-refractivity contribution is 0.272. The monoisotopic (exact) mass is 231 g/mol. The van der Waals surface area contributed by atoms with Crippen molar-refractivity contribution in [3.8, 4) is 0 Å². The Morgan fingerprint density at radius 2 is 2.35 bits per heavy atom. The first kappa shape index (κ1) is 12.1. The summed E-state index contributed by atoms with van der Waals surface area (Å²) in [7, 11) is 0. The second-order valence-corrected chi connectivity index (χ2v) is 5.15. The van der Waals surface area contributed by atoms with Crippen LogP contribution in [0.4, 0.5) is 0 Å². The standard InChI is InChI=1S/C14H21N3/c1-10(2)12-6-13-9-17(8-11(3)15)5-4-14(13)16-7-12/h6-7,10H,3-5,8-9,15H2,1-2H3. The predicted octanol–water partition coefficient (Wildman–Crippen LogP) is 2.04. The van der Waals surface area contributed by atoms with Crippen LogP contribution in [-0.4, -0.2) is 23.0 Å². The van der Waals surface area contributed by atoms with Gasteiger partial charge in [-0.2, -0.15) is 0 Å². The minimum atomic E-state index is 0.535. The van der Waals surface area contributed by atoms with E-state index in [0.717, 1.165) is 31.8 Å². The lowest BCUT2D eigenvalue weighted by Gasteiger charge is -2.28. The Kier molecular flexibility index (Phi) is 3.48. The molecular weight excluding hydrogens is 210 g/mol. The largest absolute Gasteiger partial charge is 0.401 e. The van der Waals surface area contributed by atoms with Gasteiger partial charge in [-0.15, -0.1) is 0 Å². The van der Waals surface area contributed by atoms with Crippen LogP contribution in [0.2, 0.25) is 0 Å². The van der Waals surface area contributed by atoms with Crippen LogP contribution >= 0.6 is 0 Å². The zero-order chi connectivity index (χ0) is 12.4. The summed E-state index contributed by atoms with van der Waals surface area (Å²) < 4.78 is 0. The molecule has 2 rings (SSSR count). The highest BCUT2D eigenvalue weighted by atomic mass is 15.1. The van der Waals surface area contributed by atoms with Crippen molar-refractivity contribution in [1.29, 1.82) is 0 Å². The molecule has 0 saturated heterocycles. The minimum absolute atomic E-state index is 0.535. The third-order valence-corrected chi connectivity index (χ3v) is 3.23. The van der Waals surface area contributed by atoms with Gasteiger partial charge >= 0.3 is 0 Å². The molecule has 0 bridgehead atoms. The lowest BCUT2D eigenvalue weighted by atomic mass is 9.99. The van der Waals surface area contributed by atoms with Crippen LogP contribution in [0.3, 0.4) is 0 Å². The van der Waals surface area contributed by atoms with Crippen molar-refractivity contribution in [2.24, 2.45) is 5.73 Å². The lowest BCUT2D eigenvalue weighted by Crippen LogP contribution is -2.33. The van der Waals surface area contributed by atoms with Gasteiger partial charge in [-0.05, 0) is 17.0 Å². The molecule has 1 aliphatic heterocycles. The molecule has 2 heterocycles. The number of hydrogen-bond acceptors (Lipinski definition) is 3. The SMILES string of the molecule is C=C(N)CN1CCc2ncc(C(C)C)cc2C1. The first-order valence-corrected chi connectivity index (χ1v) is 6.19. The van der Waals surface area contributed by atoms with Gasteiger partial charge in [-0.1, -0.05) is 26.5 Å². The van der Waals surface area contributed by atoms with Crippen molar-refractivity contribution in [1.82, 2.24) is 9.88 Å². The molecule has 0 aliphatic carbocycles. The highest BCUT2D eigenvalue weighted by molar-refractivity contribution is 5.29. The summed E-state index contributed by atoms with van der Waals surface area (Å²) in [6, 6.07) is 2.29. The van der Waals surface area contributed by atoms with Gasteiger partial charge in [-0.25, -0.2) is 0 Å². The van der Waals surface area contributed by atoms with Gasteiger partial charge in [0.2, 0.25) is 0 Å². The maximum atomic E-state index is 5.67. The average molecular weight is 231 g/mol. The number of hydrogen-bond donors (Lipinski definition) is 1. The molecule has 0 unspecified atom stereocenters. The normalized spacial score (nSPS) is 15.9. The summed E-state index contributed by atoms with van der Waals surface area (Å²) in [6.45, 7) is 10.9. The van der Waals surface area contributed by atoms with Gasteiger partial charge in [-0.3, -0.25) is 9.88 Å². The molecule has 0 amide bonds. The van der Waals surface area contributed by atoms with Crippen LogP contribution in [-0.2, 0) is 13.0 Å². The summed E-state index contributed by atoms with van der Waals surface area (Å²) in [5, 5.41) is 0. The number of rotatable bonds is 3. The zero-order valence-electron chi connectivity index (χ0n) is 10.7. The molecule has 0 fully saturated rings. The summed E-state index contributed by atoms with van der Waals surface area (Å²) in [4.78, 5) is 6.90. The van der Waals surface area contributed by atoms with Crippen molar-refractivity contribution in [3.63, 3.8) is 0 Å². The summed E-state index contributed by atoms with van der Waals surface area (Å²) in [5.74, 6) is 0.535. The van der Waals surface area contributed by atoms with E-state index in [-0.39, 0.29) is 0 Å². The van der Waals surface area contributed by atoms with E-state index in [1.165, 1.54) is 16.8 Å². The number of fused-ring (bicyclic) bond motifs is 1. The molecule has 3 heteroatoms. The van der Waals surface area contributed by atoms with Gasteiger partial charge in [0.25, 0.3) is 0 Å². The molecule has 0 radical (unpaired) electrons. The van der Waals surface area contributed by atoms with E-state index < -0.39 is 0 Å². The van der Waals surface area contributed by atoms with Gasteiger partial charge in [0.1, 0.15) is 0 Å². The first-order valence-electron chi connectivity index (χ1n) is 6.19. The molecular formula is C14H21N3. The van der Waals surface area contributed by atoms with Crippen LogP contribution in [0.15, 0.2) is 24.5 Å². The number of aromatic nitrogens is 1. The number of nitrogens with two attached hydrogens (primary N) is 1. The fourth-order valence-corrected chi connectivity index (χ4v) is 2.24. The second kappa shape index (κ2) is 4.88. The van der Waals surface area contributed by atoms with E-state index >= 15 is 0 Å². The fraction of sp³-hybridized carbons (Fsp3) is 0.500. The van der Waals surface area contributed by atoms with Crippen molar-refractivity contribution in [3.05, 3.63) is 41.4 Å². The molecule has 1 aromatic heterocycles. The van der Waals surface area contributed by atoms with E-state index in [2.05, 4.69) is 36.4 Å². The quantitative estimate of drug-likeness (QED) is 0.865. The molecule has 3 nitrogen and oxygen atoms in total. The van der Waals surface area contributed by atoms with Crippen molar-refractivity contribution in [2.45, 2.75) is 32.7 Å². The van der Waals surface area contributed by atoms with E-state index in [9.17, 15) is 0 Å². The van der Waals surface area contributed by atoms with Crippen LogP contribution in [0.1, 0.15) is 36.6 Å². The van der Waals surface area contributed by atoms with Crippen LogP contribution in [0.5, 0.6) is 0 Å². The Balaban J connectivity index is 2.17. The Bertz CT molecular complexity index is 423. The molecule has 1 aliphatic rings. The van der Waals surface area contributed by atoms with E-state index in [1.807, 2.05) is 6.20 Å². The fourth-order valence-electron chi connectivity index (χ4n) is 2.24. The third kappa shape index (κ3) is 2.86. The average Bonchev–Trinajstić information content (AvgIpc) is 2.27. The molecule has 17 heavy (non-hydrogen) atoms. The van der Waals surface area contributed by atoms with Gasteiger partial charge < -0.3 is 5.73 Å². The molecule has 0 aromatic carbocycles. The highest BCUT2D eigenvalue weighted by Gasteiger charge is 2.18. The van der Waals surface area contributed by atoms with Crippen LogP contribution < -0.4 is 5.73 Å². The maximum Gasteiger partial charge on any atom is 0.0461 e. The highest BCUT2D eigenvalue weighted by Crippen LogP contribution is 2.22. The molecule has 0 spiro atoms. The predicted molar refractivity (Wildman–Crippen MR) is 70.6 cm³/mol. The first-order chi connectivity index (χ1) is 8.06. The van der Waals surface area contributed by atoms with Crippen LogP contribution in [0.25, 0.3) is 0 Å². The van der Waals surface area contributed by atoms with Crippen molar-refractivity contribution < 1.29 is 0 Å². The van der Waals surface area contributed by atoms with Crippen molar-refractivity contribution >= 4 is 0 Å². The second-order valence-electron chi connectivity index (χ2n) is 5.15. The summed E-state index contributed by atoms with van der Waals surface area (Å²) in [6.07, 6.45) is 3.03. The molecule has 92 valence electrons. The molecule has 1 aromatic rings. The van der Waals surface area contributed by atoms with Crippen molar-refractivity contribution in [2.75, 3.05) is 13.1 Å². The third-order valence-electron chi connectivity index (χ3n) is 3.23. The van der Waals surface area contributed by atoms with Crippen LogP contribution in [0, 0.1) is 0 Å². The Labute approximate surface area is 103 Å². The zero-order valence-corrected chi connectivity index (χ0v) is 10.7. The van der Waals surface area contributed by atoms with E-state index in [1.54, 1.807) is 0 Å². The Morgan fingerprint density at radius 3 is 3.00 bits per heavy atom. The topological polar surface area (TPSA) is 42.1 Å². The van der Waals surface area contributed by atoms with Gasteiger partial charge in [0.05, 0.1) is 0 Å². The Morgan fingerprint density at radius 1 is 1.59 bits per heavy atom.